The summed E-state index contributed by atoms with van der Waals surface area (Å²) in [5, 5.41) is 0. The summed E-state index contributed by atoms with van der Waals surface area (Å²) in [5.74, 6) is 0.483. The van der Waals surface area contributed by atoms with E-state index in [0.29, 0.717) is 18.9 Å². The molecule has 0 heterocycles. The Bertz CT molecular complexity index is 282. The van der Waals surface area contributed by atoms with Crippen LogP contribution < -0.4 is 5.73 Å². The molecule has 2 N–H and O–H groups in total. The Kier molecular flexibility index (Phi) is 4.74. The number of nitrogens with two attached hydrogens (primary N) is 1. The number of hydrogen-bond acceptors (Lipinski definition) is 4. The third-order valence-electron chi connectivity index (χ3n) is 1.86. The van der Waals surface area contributed by atoms with E-state index in [1.165, 1.54) is 0 Å². The van der Waals surface area contributed by atoms with Crippen LogP contribution in [-0.4, -0.2) is 19.2 Å². The SMILES string of the molecule is CCOC(=O)CCOC1=CC[CH]C(N)=C1. The van der Waals surface area contributed by atoms with Gasteiger partial charge in [0.05, 0.1) is 19.6 Å². The summed E-state index contributed by atoms with van der Waals surface area (Å²) in [5.41, 5.74) is 6.30. The maximum Gasteiger partial charge on any atom is 0.309 e. The third kappa shape index (κ3) is 4.54. The molecule has 0 aromatic heterocycles. The van der Waals surface area contributed by atoms with E-state index >= 15 is 0 Å². The van der Waals surface area contributed by atoms with Crippen LogP contribution in [0.25, 0.3) is 0 Å². The molecule has 0 bridgehead atoms. The number of rotatable bonds is 5. The standard InChI is InChI=1S/C11H16NO3/c1-2-14-11(13)6-7-15-10-5-3-4-9(12)8-10/h4-5,8H,2-3,6-7,12H2,1H3. The molecule has 1 aliphatic carbocycles. The lowest BCUT2D eigenvalue weighted by Gasteiger charge is -2.11. The number of allylic oxidation sites excluding steroid dienone is 3. The molecule has 0 aromatic carbocycles. The van der Waals surface area contributed by atoms with Gasteiger partial charge >= 0.3 is 5.97 Å². The fraction of sp³-hybridized carbons (Fsp3) is 0.455. The van der Waals surface area contributed by atoms with E-state index in [-0.39, 0.29) is 12.4 Å². The van der Waals surface area contributed by atoms with E-state index in [4.69, 9.17) is 15.2 Å². The van der Waals surface area contributed by atoms with E-state index < -0.39 is 0 Å². The van der Waals surface area contributed by atoms with E-state index in [1.807, 2.05) is 12.5 Å². The van der Waals surface area contributed by atoms with Crippen LogP contribution >= 0.6 is 0 Å². The normalized spacial score (nSPS) is 15.3. The highest BCUT2D eigenvalue weighted by Crippen LogP contribution is 2.13. The predicted octanol–water partition coefficient (Wildman–Crippen LogP) is 1.29. The number of esters is 1. The van der Waals surface area contributed by atoms with Gasteiger partial charge in [-0.15, -0.1) is 0 Å². The van der Waals surface area contributed by atoms with Crippen molar-refractivity contribution in [1.29, 1.82) is 0 Å². The summed E-state index contributed by atoms with van der Waals surface area (Å²) in [6.45, 7) is 2.51. The first-order chi connectivity index (χ1) is 7.22. The zero-order valence-electron chi connectivity index (χ0n) is 8.86. The second kappa shape index (κ2) is 6.11. The molecule has 0 fully saturated rings. The van der Waals surface area contributed by atoms with E-state index in [2.05, 4.69) is 0 Å². The summed E-state index contributed by atoms with van der Waals surface area (Å²) < 4.78 is 10.1. The second-order valence-electron chi connectivity index (χ2n) is 3.09. The van der Waals surface area contributed by atoms with Gasteiger partial charge in [0.1, 0.15) is 5.76 Å². The van der Waals surface area contributed by atoms with Crippen LogP contribution in [0.4, 0.5) is 0 Å². The summed E-state index contributed by atoms with van der Waals surface area (Å²) in [6.07, 6.45) is 6.61. The van der Waals surface area contributed by atoms with Crippen LogP contribution in [0.1, 0.15) is 19.8 Å². The Morgan fingerprint density at radius 2 is 2.40 bits per heavy atom. The van der Waals surface area contributed by atoms with Crippen LogP contribution in [0.3, 0.4) is 0 Å². The molecule has 83 valence electrons. The van der Waals surface area contributed by atoms with Gasteiger partial charge in [0.2, 0.25) is 0 Å². The molecule has 0 unspecified atom stereocenters. The zero-order chi connectivity index (χ0) is 11.1. The maximum atomic E-state index is 11.0. The smallest absolute Gasteiger partial charge is 0.309 e. The lowest BCUT2D eigenvalue weighted by atomic mass is 10.1. The van der Waals surface area contributed by atoms with E-state index in [0.717, 1.165) is 12.2 Å². The van der Waals surface area contributed by atoms with Crippen LogP contribution in [0, 0.1) is 6.42 Å². The number of ether oxygens (including phenoxy) is 2. The molecule has 1 aliphatic rings. The summed E-state index contributed by atoms with van der Waals surface area (Å²) >= 11 is 0. The van der Waals surface area contributed by atoms with Gasteiger partial charge in [-0.1, -0.05) is 0 Å². The third-order valence-corrected chi connectivity index (χ3v) is 1.86. The molecule has 15 heavy (non-hydrogen) atoms. The minimum Gasteiger partial charge on any atom is -0.493 e. The second-order valence-corrected chi connectivity index (χ2v) is 3.09. The predicted molar refractivity (Wildman–Crippen MR) is 56.5 cm³/mol. The minimum absolute atomic E-state index is 0.238. The van der Waals surface area contributed by atoms with E-state index in [1.54, 1.807) is 13.0 Å². The Morgan fingerprint density at radius 1 is 1.60 bits per heavy atom. The zero-order valence-corrected chi connectivity index (χ0v) is 8.86. The molecule has 0 aliphatic heterocycles. The molecule has 0 atom stereocenters. The van der Waals surface area contributed by atoms with Gasteiger partial charge in [-0.2, -0.15) is 0 Å². The minimum atomic E-state index is -0.238. The molecule has 0 saturated carbocycles. The molecule has 0 spiro atoms. The van der Waals surface area contributed by atoms with Gasteiger partial charge in [-0.05, 0) is 25.5 Å². The first kappa shape index (κ1) is 11.6. The lowest BCUT2D eigenvalue weighted by Crippen LogP contribution is -2.09. The van der Waals surface area contributed by atoms with Crippen molar-refractivity contribution in [2.24, 2.45) is 5.73 Å². The van der Waals surface area contributed by atoms with Crippen molar-refractivity contribution in [3.8, 4) is 0 Å². The first-order valence-corrected chi connectivity index (χ1v) is 5.01. The van der Waals surface area contributed by atoms with Crippen molar-refractivity contribution >= 4 is 5.97 Å². The first-order valence-electron chi connectivity index (χ1n) is 5.01. The van der Waals surface area contributed by atoms with Gasteiger partial charge in [-0.3, -0.25) is 4.79 Å². The molecule has 1 rings (SSSR count). The largest absolute Gasteiger partial charge is 0.493 e. The highest BCUT2D eigenvalue weighted by molar-refractivity contribution is 5.69. The molecular weight excluding hydrogens is 194 g/mol. The highest BCUT2D eigenvalue weighted by atomic mass is 16.5. The van der Waals surface area contributed by atoms with Crippen LogP contribution in [0.15, 0.2) is 23.6 Å². The molecule has 0 amide bonds. The van der Waals surface area contributed by atoms with Crippen LogP contribution in [0.2, 0.25) is 0 Å². The molecule has 4 nitrogen and oxygen atoms in total. The topological polar surface area (TPSA) is 61.5 Å². The maximum absolute atomic E-state index is 11.0. The molecular formula is C11H16NO3. The fourth-order valence-corrected chi connectivity index (χ4v) is 1.18. The van der Waals surface area contributed by atoms with Crippen molar-refractivity contribution in [2.75, 3.05) is 13.2 Å². The Morgan fingerprint density at radius 3 is 3.07 bits per heavy atom. The average molecular weight is 210 g/mol. The summed E-state index contributed by atoms with van der Waals surface area (Å²) in [7, 11) is 0. The summed E-state index contributed by atoms with van der Waals surface area (Å²) in [4.78, 5) is 11.0. The number of hydrogen-bond donors (Lipinski definition) is 1. The average Bonchev–Trinajstić information content (AvgIpc) is 2.18. The highest BCUT2D eigenvalue weighted by Gasteiger charge is 2.05. The van der Waals surface area contributed by atoms with Crippen molar-refractivity contribution in [3.63, 3.8) is 0 Å². The molecule has 1 radical (unpaired) electrons. The monoisotopic (exact) mass is 210 g/mol. The summed E-state index contributed by atoms with van der Waals surface area (Å²) in [6, 6.07) is 0. The van der Waals surface area contributed by atoms with Crippen LogP contribution in [-0.2, 0) is 14.3 Å². The van der Waals surface area contributed by atoms with Crippen molar-refractivity contribution < 1.29 is 14.3 Å². The van der Waals surface area contributed by atoms with Crippen LogP contribution in [0.5, 0.6) is 0 Å². The lowest BCUT2D eigenvalue weighted by molar-refractivity contribution is -0.143. The number of carbonyl (C=O) groups excluding carboxylic acids is 1. The molecule has 4 heteroatoms. The quantitative estimate of drug-likeness (QED) is 0.694. The van der Waals surface area contributed by atoms with Gasteiger partial charge in [0, 0.05) is 12.1 Å². The van der Waals surface area contributed by atoms with E-state index in [9.17, 15) is 4.79 Å². The van der Waals surface area contributed by atoms with Gasteiger partial charge < -0.3 is 15.2 Å². The Hall–Kier alpha value is -1.45. The number of carbonyl (C=O) groups is 1. The fourth-order valence-electron chi connectivity index (χ4n) is 1.18. The van der Waals surface area contributed by atoms with Gasteiger partial charge in [-0.25, -0.2) is 0 Å². The Balaban J connectivity index is 2.20. The van der Waals surface area contributed by atoms with Crippen molar-refractivity contribution in [3.05, 3.63) is 30.0 Å². The molecule has 0 saturated heterocycles. The van der Waals surface area contributed by atoms with Gasteiger partial charge in [0.15, 0.2) is 0 Å². The van der Waals surface area contributed by atoms with Crippen molar-refractivity contribution in [1.82, 2.24) is 0 Å². The van der Waals surface area contributed by atoms with Gasteiger partial charge in [0.25, 0.3) is 0 Å². The Labute approximate surface area is 89.7 Å². The molecule has 0 aromatic rings. The van der Waals surface area contributed by atoms with Crippen molar-refractivity contribution in [2.45, 2.75) is 19.8 Å².